The van der Waals surface area contributed by atoms with E-state index in [0.717, 1.165) is 56.0 Å². The van der Waals surface area contributed by atoms with E-state index in [2.05, 4.69) is 41.4 Å². The first kappa shape index (κ1) is 24.8. The van der Waals surface area contributed by atoms with E-state index in [-0.39, 0.29) is 24.0 Å². The Kier molecular flexibility index (Phi) is 8.95. The molecule has 1 aromatic carbocycles. The summed E-state index contributed by atoms with van der Waals surface area (Å²) in [5, 5.41) is 10.5. The van der Waals surface area contributed by atoms with Gasteiger partial charge < -0.3 is 24.1 Å². The Hall–Kier alpha value is -2.80. The topological polar surface area (TPSA) is 104 Å². The predicted molar refractivity (Wildman–Crippen MR) is 136 cm³/mol. The lowest BCUT2D eigenvalue weighted by Gasteiger charge is -2.36. The van der Waals surface area contributed by atoms with Gasteiger partial charge in [-0.2, -0.15) is 0 Å². The second-order valence-electron chi connectivity index (χ2n) is 7.44. The van der Waals surface area contributed by atoms with E-state index < -0.39 is 0 Å². The number of benzene rings is 1. The van der Waals surface area contributed by atoms with E-state index in [1.54, 1.807) is 27.5 Å². The smallest absolute Gasteiger partial charge is 0.216 e. The van der Waals surface area contributed by atoms with Crippen molar-refractivity contribution in [3.8, 4) is 23.1 Å². The van der Waals surface area contributed by atoms with Crippen LogP contribution >= 0.6 is 24.0 Å². The highest BCUT2D eigenvalue weighted by molar-refractivity contribution is 14.0. The molecule has 0 bridgehead atoms. The molecule has 0 spiro atoms. The zero-order chi connectivity index (χ0) is 22.3. The number of aromatic nitrogens is 3. The minimum Gasteiger partial charge on any atom is -0.493 e. The highest BCUT2D eigenvalue weighted by Gasteiger charge is 2.20. The molecule has 0 saturated carbocycles. The Morgan fingerprint density at radius 3 is 2.61 bits per heavy atom. The summed E-state index contributed by atoms with van der Waals surface area (Å²) in [6, 6.07) is 9.73. The molecule has 0 unspecified atom stereocenters. The molecule has 33 heavy (non-hydrogen) atoms. The van der Waals surface area contributed by atoms with Gasteiger partial charge in [-0.3, -0.25) is 15.0 Å². The first-order chi connectivity index (χ1) is 15.7. The van der Waals surface area contributed by atoms with Crippen LogP contribution in [0.5, 0.6) is 11.5 Å². The Balaban J connectivity index is 0.00000306. The molecule has 3 aromatic rings. The van der Waals surface area contributed by atoms with Gasteiger partial charge in [-0.15, -0.1) is 29.1 Å². The van der Waals surface area contributed by atoms with Crippen LogP contribution in [0.15, 0.2) is 46.0 Å². The number of guanidine groups is 1. The lowest BCUT2D eigenvalue weighted by molar-refractivity contribution is 0.172. The molecular weight excluding hydrogens is 537 g/mol. The number of hydrogen-bond donors (Lipinski definition) is 2. The zero-order valence-corrected chi connectivity index (χ0v) is 21.4. The summed E-state index contributed by atoms with van der Waals surface area (Å²) in [7, 11) is 5.11. The molecule has 0 aliphatic carbocycles. The third-order valence-corrected chi connectivity index (χ3v) is 5.42. The van der Waals surface area contributed by atoms with E-state index in [1.165, 1.54) is 5.56 Å². The van der Waals surface area contributed by atoms with E-state index in [4.69, 9.17) is 13.9 Å². The third-order valence-electron chi connectivity index (χ3n) is 5.42. The SMILES string of the molecule is CN=C(NCc1nc(-c2ccco2)n[nH]1)N1CCN(Cc2ccc(OC)c(OC)c2)CC1.I. The summed E-state index contributed by atoms with van der Waals surface area (Å²) < 4.78 is 16.1. The molecule has 1 saturated heterocycles. The van der Waals surface area contributed by atoms with Crippen LogP contribution in [-0.2, 0) is 13.1 Å². The number of ether oxygens (including phenoxy) is 2. The van der Waals surface area contributed by atoms with Gasteiger partial charge in [0.15, 0.2) is 23.2 Å². The molecule has 2 aromatic heterocycles. The fraction of sp³-hybridized carbons (Fsp3) is 0.409. The van der Waals surface area contributed by atoms with Crippen LogP contribution in [0, 0.1) is 0 Å². The van der Waals surface area contributed by atoms with Gasteiger partial charge >= 0.3 is 0 Å². The van der Waals surface area contributed by atoms with Crippen molar-refractivity contribution in [1.82, 2.24) is 30.3 Å². The molecule has 1 aliphatic rings. The van der Waals surface area contributed by atoms with Crippen molar-refractivity contribution in [3.05, 3.63) is 48.0 Å². The van der Waals surface area contributed by atoms with Crippen LogP contribution in [0.25, 0.3) is 11.6 Å². The first-order valence-electron chi connectivity index (χ1n) is 10.5. The van der Waals surface area contributed by atoms with Gasteiger partial charge in [0.2, 0.25) is 5.82 Å². The quantitative estimate of drug-likeness (QED) is 0.255. The number of nitrogens with one attached hydrogen (secondary N) is 2. The van der Waals surface area contributed by atoms with E-state index in [1.807, 2.05) is 24.3 Å². The van der Waals surface area contributed by atoms with Crippen molar-refractivity contribution < 1.29 is 13.9 Å². The monoisotopic (exact) mass is 567 g/mol. The number of aromatic amines is 1. The maximum absolute atomic E-state index is 5.42. The molecule has 1 fully saturated rings. The summed E-state index contributed by atoms with van der Waals surface area (Å²) >= 11 is 0. The molecule has 10 nitrogen and oxygen atoms in total. The Labute approximate surface area is 210 Å². The summed E-state index contributed by atoms with van der Waals surface area (Å²) in [6.45, 7) is 5.04. The lowest BCUT2D eigenvalue weighted by Crippen LogP contribution is -2.52. The van der Waals surface area contributed by atoms with Crippen molar-refractivity contribution in [2.24, 2.45) is 4.99 Å². The maximum Gasteiger partial charge on any atom is 0.216 e. The Morgan fingerprint density at radius 1 is 1.15 bits per heavy atom. The highest BCUT2D eigenvalue weighted by atomic mass is 127. The van der Waals surface area contributed by atoms with Crippen LogP contribution in [0.1, 0.15) is 11.4 Å². The van der Waals surface area contributed by atoms with E-state index >= 15 is 0 Å². The molecule has 1 aliphatic heterocycles. The molecule has 0 amide bonds. The van der Waals surface area contributed by atoms with Crippen LogP contribution < -0.4 is 14.8 Å². The van der Waals surface area contributed by atoms with Gasteiger partial charge in [0.1, 0.15) is 5.82 Å². The summed E-state index contributed by atoms with van der Waals surface area (Å²) in [6.07, 6.45) is 1.61. The largest absolute Gasteiger partial charge is 0.493 e. The third kappa shape index (κ3) is 6.16. The number of aliphatic imine (C=N–C) groups is 1. The molecule has 178 valence electrons. The fourth-order valence-electron chi connectivity index (χ4n) is 3.74. The molecular formula is C22H30IN7O3. The van der Waals surface area contributed by atoms with Gasteiger partial charge in [-0.05, 0) is 29.8 Å². The normalized spacial score (nSPS) is 14.6. The number of H-pyrrole nitrogens is 1. The number of nitrogens with zero attached hydrogens (tertiary/aromatic N) is 5. The highest BCUT2D eigenvalue weighted by Crippen LogP contribution is 2.28. The number of halogens is 1. The molecule has 4 rings (SSSR count). The number of furan rings is 1. The van der Waals surface area contributed by atoms with Crippen molar-refractivity contribution >= 4 is 29.9 Å². The average molecular weight is 567 g/mol. The number of hydrogen-bond acceptors (Lipinski definition) is 7. The minimum absolute atomic E-state index is 0. The van der Waals surface area contributed by atoms with Crippen LogP contribution in [-0.4, -0.2) is 78.4 Å². The summed E-state index contributed by atoms with van der Waals surface area (Å²) in [5.41, 5.74) is 1.20. The minimum atomic E-state index is 0. The summed E-state index contributed by atoms with van der Waals surface area (Å²) in [4.78, 5) is 13.6. The molecule has 11 heteroatoms. The van der Waals surface area contributed by atoms with Gasteiger partial charge in [-0.1, -0.05) is 6.07 Å². The second-order valence-corrected chi connectivity index (χ2v) is 7.44. The van der Waals surface area contributed by atoms with Gasteiger partial charge in [-0.25, -0.2) is 4.98 Å². The number of methoxy groups -OCH3 is 2. The number of rotatable bonds is 7. The van der Waals surface area contributed by atoms with Crippen LogP contribution in [0.4, 0.5) is 0 Å². The van der Waals surface area contributed by atoms with Crippen molar-refractivity contribution in [3.63, 3.8) is 0 Å². The molecule has 0 radical (unpaired) electrons. The standard InChI is InChI=1S/C22H29N7O3.HI/c1-23-22(24-14-20-25-21(27-26-20)18-5-4-12-32-18)29-10-8-28(9-11-29)15-16-6-7-17(30-2)19(13-16)31-3;/h4-7,12-13H,8-11,14-15H2,1-3H3,(H,23,24)(H,25,26,27);1H. The van der Waals surface area contributed by atoms with Crippen molar-refractivity contribution in [2.45, 2.75) is 13.1 Å². The number of piperazine rings is 1. The summed E-state index contributed by atoms with van der Waals surface area (Å²) in [5.74, 6) is 4.28. The molecule has 3 heterocycles. The zero-order valence-electron chi connectivity index (χ0n) is 19.1. The average Bonchev–Trinajstić information content (AvgIpc) is 3.52. The van der Waals surface area contributed by atoms with Gasteiger partial charge in [0.05, 0.1) is 27.0 Å². The lowest BCUT2D eigenvalue weighted by atomic mass is 10.1. The van der Waals surface area contributed by atoms with Crippen LogP contribution in [0.2, 0.25) is 0 Å². The van der Waals surface area contributed by atoms with Crippen molar-refractivity contribution in [2.75, 3.05) is 47.4 Å². The fourth-order valence-corrected chi connectivity index (χ4v) is 3.74. The van der Waals surface area contributed by atoms with E-state index in [0.29, 0.717) is 18.1 Å². The molecule has 0 atom stereocenters. The van der Waals surface area contributed by atoms with Crippen molar-refractivity contribution in [1.29, 1.82) is 0 Å². The maximum atomic E-state index is 5.42. The van der Waals surface area contributed by atoms with Gasteiger partial charge in [0.25, 0.3) is 0 Å². The van der Waals surface area contributed by atoms with E-state index in [9.17, 15) is 0 Å². The Bertz CT molecular complexity index is 1030. The second kappa shape index (κ2) is 11.9. The van der Waals surface area contributed by atoms with Crippen LogP contribution in [0.3, 0.4) is 0 Å². The molecule has 2 N–H and O–H groups in total. The van der Waals surface area contributed by atoms with Gasteiger partial charge in [0, 0.05) is 39.8 Å². The first-order valence-corrected chi connectivity index (χ1v) is 10.5. The Morgan fingerprint density at radius 2 is 1.94 bits per heavy atom. The predicted octanol–water partition coefficient (Wildman–Crippen LogP) is 2.59.